The quantitative estimate of drug-likeness (QED) is 0.770. The lowest BCUT2D eigenvalue weighted by molar-refractivity contribution is 0.169. The monoisotopic (exact) mass is 218 g/mol. The number of methoxy groups -OCH3 is 1. The number of hydrogen-bond donors (Lipinski definition) is 1. The molecule has 1 N–H and O–H groups in total. The van der Waals surface area contributed by atoms with E-state index in [1.807, 2.05) is 31.2 Å². The molecule has 0 aliphatic heterocycles. The molecule has 1 aromatic carbocycles. The van der Waals surface area contributed by atoms with Crippen LogP contribution in [0.15, 0.2) is 24.3 Å². The van der Waals surface area contributed by atoms with Crippen LogP contribution in [0.4, 0.5) is 0 Å². The summed E-state index contributed by atoms with van der Waals surface area (Å²) < 4.78 is 5.03. The van der Waals surface area contributed by atoms with Gasteiger partial charge in [0.2, 0.25) is 0 Å². The van der Waals surface area contributed by atoms with Crippen molar-refractivity contribution in [1.82, 2.24) is 0 Å². The Morgan fingerprint density at radius 3 is 2.56 bits per heavy atom. The predicted molar refractivity (Wildman–Crippen MR) is 64.8 cm³/mol. The molecule has 0 heterocycles. The third-order valence-electron chi connectivity index (χ3n) is 2.40. The normalized spacial score (nSPS) is 11.7. The summed E-state index contributed by atoms with van der Waals surface area (Å²) in [6, 6.07) is 7.85. The topological polar surface area (TPSA) is 29.5 Å². The zero-order valence-corrected chi connectivity index (χ0v) is 9.86. The Morgan fingerprint density at radius 1 is 1.31 bits per heavy atom. The molecule has 1 unspecified atom stereocenters. The van der Waals surface area contributed by atoms with Gasteiger partial charge in [0.15, 0.2) is 0 Å². The van der Waals surface area contributed by atoms with E-state index < -0.39 is 6.10 Å². The maximum Gasteiger partial charge on any atom is 0.0799 e. The Bertz CT molecular complexity index is 357. The highest BCUT2D eigenvalue weighted by molar-refractivity contribution is 5.23. The largest absolute Gasteiger partial charge is 0.388 e. The maximum atomic E-state index is 9.87. The van der Waals surface area contributed by atoms with Crippen molar-refractivity contribution in [2.45, 2.75) is 32.5 Å². The lowest BCUT2D eigenvalue weighted by atomic mass is 10.0. The number of ether oxygens (including phenoxy) is 1. The molecule has 0 aromatic heterocycles. The van der Waals surface area contributed by atoms with Crippen LogP contribution in [0.2, 0.25) is 0 Å². The molecule has 2 nitrogen and oxygen atoms in total. The van der Waals surface area contributed by atoms with Gasteiger partial charge in [0.25, 0.3) is 0 Å². The summed E-state index contributed by atoms with van der Waals surface area (Å²) >= 11 is 0. The highest BCUT2D eigenvalue weighted by atomic mass is 16.5. The average Bonchev–Trinajstić information content (AvgIpc) is 2.30. The van der Waals surface area contributed by atoms with Crippen LogP contribution >= 0.6 is 0 Å². The van der Waals surface area contributed by atoms with Crippen LogP contribution in [-0.2, 0) is 11.3 Å². The molecular weight excluding hydrogens is 200 g/mol. The molecule has 0 bridgehead atoms. The first-order chi connectivity index (χ1) is 7.77. The molecule has 0 fully saturated rings. The van der Waals surface area contributed by atoms with E-state index in [2.05, 4.69) is 11.8 Å². The Hall–Kier alpha value is -1.30. The van der Waals surface area contributed by atoms with Crippen LogP contribution in [0.3, 0.4) is 0 Å². The predicted octanol–water partition coefficient (Wildman–Crippen LogP) is 2.67. The molecule has 0 aliphatic carbocycles. The molecule has 1 atom stereocenters. The number of hydrogen-bond acceptors (Lipinski definition) is 2. The van der Waals surface area contributed by atoms with Crippen molar-refractivity contribution >= 4 is 0 Å². The smallest absolute Gasteiger partial charge is 0.0799 e. The number of benzene rings is 1. The molecular formula is C14H18O2. The summed E-state index contributed by atoms with van der Waals surface area (Å²) in [4.78, 5) is 0. The highest BCUT2D eigenvalue weighted by Crippen LogP contribution is 2.18. The van der Waals surface area contributed by atoms with Crippen molar-refractivity contribution in [3.63, 3.8) is 0 Å². The van der Waals surface area contributed by atoms with E-state index in [9.17, 15) is 5.11 Å². The van der Waals surface area contributed by atoms with E-state index in [1.165, 1.54) is 0 Å². The van der Waals surface area contributed by atoms with Gasteiger partial charge in [-0.3, -0.25) is 0 Å². The van der Waals surface area contributed by atoms with Gasteiger partial charge in [-0.05, 0) is 24.5 Å². The third kappa shape index (κ3) is 4.06. The maximum absolute atomic E-state index is 9.87. The van der Waals surface area contributed by atoms with E-state index in [0.29, 0.717) is 13.0 Å². The second kappa shape index (κ2) is 7.05. The first kappa shape index (κ1) is 12.8. The zero-order chi connectivity index (χ0) is 11.8. The van der Waals surface area contributed by atoms with Gasteiger partial charge in [-0.25, -0.2) is 0 Å². The van der Waals surface area contributed by atoms with Crippen molar-refractivity contribution in [3.05, 3.63) is 35.4 Å². The van der Waals surface area contributed by atoms with Crippen LogP contribution in [-0.4, -0.2) is 12.2 Å². The Labute approximate surface area is 97.3 Å². The van der Waals surface area contributed by atoms with E-state index >= 15 is 0 Å². The SMILES string of the molecule is CC#CCCC(O)c1ccc(COC)cc1. The molecule has 0 spiro atoms. The van der Waals surface area contributed by atoms with E-state index in [0.717, 1.165) is 17.5 Å². The minimum Gasteiger partial charge on any atom is -0.388 e. The molecule has 0 amide bonds. The van der Waals surface area contributed by atoms with Gasteiger partial charge in [0.1, 0.15) is 0 Å². The van der Waals surface area contributed by atoms with Gasteiger partial charge in [-0.2, -0.15) is 0 Å². The van der Waals surface area contributed by atoms with Crippen LogP contribution in [0.1, 0.15) is 37.0 Å². The second-order valence-electron chi connectivity index (χ2n) is 3.66. The zero-order valence-electron chi connectivity index (χ0n) is 9.86. The third-order valence-corrected chi connectivity index (χ3v) is 2.40. The van der Waals surface area contributed by atoms with Crippen molar-refractivity contribution in [2.24, 2.45) is 0 Å². The van der Waals surface area contributed by atoms with Gasteiger partial charge < -0.3 is 9.84 Å². The summed E-state index contributed by atoms with van der Waals surface area (Å²) in [6.45, 7) is 2.42. The van der Waals surface area contributed by atoms with Gasteiger partial charge in [0, 0.05) is 13.5 Å². The second-order valence-corrected chi connectivity index (χ2v) is 3.66. The van der Waals surface area contributed by atoms with Gasteiger partial charge in [0.05, 0.1) is 12.7 Å². The molecule has 16 heavy (non-hydrogen) atoms. The van der Waals surface area contributed by atoms with Crippen LogP contribution in [0.5, 0.6) is 0 Å². The lowest BCUT2D eigenvalue weighted by Gasteiger charge is -2.09. The molecule has 1 aromatic rings. The number of aliphatic hydroxyl groups excluding tert-OH is 1. The fourth-order valence-corrected chi connectivity index (χ4v) is 1.50. The van der Waals surface area contributed by atoms with Crippen molar-refractivity contribution in [2.75, 3.05) is 7.11 Å². The molecule has 0 aliphatic rings. The lowest BCUT2D eigenvalue weighted by Crippen LogP contribution is -1.97. The summed E-state index contributed by atoms with van der Waals surface area (Å²) in [7, 11) is 1.67. The van der Waals surface area contributed by atoms with Crippen LogP contribution in [0, 0.1) is 11.8 Å². The minimum absolute atomic E-state index is 0.419. The summed E-state index contributed by atoms with van der Waals surface area (Å²) in [5, 5.41) is 9.87. The Kier molecular flexibility index (Phi) is 5.63. The standard InChI is InChI=1S/C14H18O2/c1-3-4-5-6-14(15)13-9-7-12(8-10-13)11-16-2/h7-10,14-15H,5-6,11H2,1-2H3. The van der Waals surface area contributed by atoms with E-state index in [1.54, 1.807) is 7.11 Å². The molecule has 0 radical (unpaired) electrons. The molecule has 2 heteroatoms. The molecule has 86 valence electrons. The van der Waals surface area contributed by atoms with Crippen molar-refractivity contribution in [3.8, 4) is 11.8 Å². The van der Waals surface area contributed by atoms with Crippen LogP contribution < -0.4 is 0 Å². The highest BCUT2D eigenvalue weighted by Gasteiger charge is 2.05. The van der Waals surface area contributed by atoms with E-state index in [-0.39, 0.29) is 0 Å². The summed E-state index contributed by atoms with van der Waals surface area (Å²) in [5.41, 5.74) is 2.06. The van der Waals surface area contributed by atoms with E-state index in [4.69, 9.17) is 4.74 Å². The fourth-order valence-electron chi connectivity index (χ4n) is 1.50. The van der Waals surface area contributed by atoms with Gasteiger partial charge >= 0.3 is 0 Å². The molecule has 0 saturated carbocycles. The minimum atomic E-state index is -0.419. The van der Waals surface area contributed by atoms with Crippen molar-refractivity contribution in [1.29, 1.82) is 0 Å². The Morgan fingerprint density at radius 2 is 2.00 bits per heavy atom. The first-order valence-corrected chi connectivity index (χ1v) is 5.43. The van der Waals surface area contributed by atoms with Gasteiger partial charge in [-0.1, -0.05) is 24.3 Å². The number of aliphatic hydroxyl groups is 1. The summed E-state index contributed by atoms with van der Waals surface area (Å²) in [5.74, 6) is 5.77. The Balaban J connectivity index is 2.54. The van der Waals surface area contributed by atoms with Gasteiger partial charge in [-0.15, -0.1) is 11.8 Å². The summed E-state index contributed by atoms with van der Waals surface area (Å²) in [6.07, 6.45) is 1.000. The van der Waals surface area contributed by atoms with Crippen LogP contribution in [0.25, 0.3) is 0 Å². The van der Waals surface area contributed by atoms with Crippen molar-refractivity contribution < 1.29 is 9.84 Å². The number of rotatable bonds is 5. The molecule has 0 saturated heterocycles. The first-order valence-electron chi connectivity index (χ1n) is 5.43. The molecule has 1 rings (SSSR count). The average molecular weight is 218 g/mol. The fraction of sp³-hybridized carbons (Fsp3) is 0.429.